The molecular weight excluding hydrogens is 332 g/mol. The van der Waals surface area contributed by atoms with Crippen molar-refractivity contribution >= 4 is 5.97 Å². The van der Waals surface area contributed by atoms with Gasteiger partial charge in [0, 0.05) is 19.0 Å². The van der Waals surface area contributed by atoms with Gasteiger partial charge < -0.3 is 15.2 Å². The summed E-state index contributed by atoms with van der Waals surface area (Å²) in [5.41, 5.74) is 1.14. The molecule has 0 bridgehead atoms. The summed E-state index contributed by atoms with van der Waals surface area (Å²) in [6.07, 6.45) is -9.36. The molecule has 0 spiro atoms. The van der Waals surface area contributed by atoms with E-state index in [1.807, 2.05) is 12.1 Å². The molecule has 0 aromatic heterocycles. The van der Waals surface area contributed by atoms with E-state index in [1.165, 1.54) is 0 Å². The number of carboxylic acids is 1. The Morgan fingerprint density at radius 3 is 1.91 bits per heavy atom. The Morgan fingerprint density at radius 2 is 1.61 bits per heavy atom. The van der Waals surface area contributed by atoms with Gasteiger partial charge in [-0.15, -0.1) is 0 Å². The van der Waals surface area contributed by atoms with Crippen LogP contribution in [0.15, 0.2) is 24.3 Å². The second-order valence-corrected chi connectivity index (χ2v) is 4.63. The average molecular weight is 345 g/mol. The van der Waals surface area contributed by atoms with Crippen LogP contribution in [0.3, 0.4) is 0 Å². The molecule has 0 atom stereocenters. The molecular formula is C13H13F6NO3. The van der Waals surface area contributed by atoms with Crippen LogP contribution in [0.4, 0.5) is 26.3 Å². The summed E-state index contributed by atoms with van der Waals surface area (Å²) in [7, 11) is 0. The van der Waals surface area contributed by atoms with Crippen LogP contribution in [0.25, 0.3) is 0 Å². The Bertz CT molecular complexity index is 508. The lowest BCUT2D eigenvalue weighted by Crippen LogP contribution is -2.39. The summed E-state index contributed by atoms with van der Waals surface area (Å²) in [5.74, 6) is -2.02. The fourth-order valence-corrected chi connectivity index (χ4v) is 1.53. The van der Waals surface area contributed by atoms with Gasteiger partial charge in [-0.05, 0) is 17.7 Å². The summed E-state index contributed by atoms with van der Waals surface area (Å²) >= 11 is 0. The van der Waals surface area contributed by atoms with Gasteiger partial charge in [-0.25, -0.2) is 4.79 Å². The zero-order chi connectivity index (χ0) is 17.7. The van der Waals surface area contributed by atoms with Crippen molar-refractivity contribution in [2.45, 2.75) is 18.3 Å². The van der Waals surface area contributed by atoms with E-state index < -0.39 is 24.9 Å². The number of aliphatic carboxylic acids is 1. The second kappa shape index (κ2) is 7.53. The van der Waals surface area contributed by atoms with Crippen LogP contribution in [0.5, 0.6) is 5.75 Å². The lowest BCUT2D eigenvalue weighted by molar-refractivity contribution is -0.192. The number of rotatable bonds is 3. The summed E-state index contributed by atoms with van der Waals surface area (Å²) in [6.45, 7) is 0.628. The maximum Gasteiger partial charge on any atom is 0.490 e. The Labute approximate surface area is 127 Å². The lowest BCUT2D eigenvalue weighted by atomic mass is 9.94. The Balaban J connectivity index is 0.000000322. The number of carbonyl (C=O) groups is 1. The molecule has 4 nitrogen and oxygen atoms in total. The first kappa shape index (κ1) is 19.1. The lowest BCUT2D eigenvalue weighted by Gasteiger charge is -2.27. The van der Waals surface area contributed by atoms with Gasteiger partial charge in [0.2, 0.25) is 0 Å². The fraction of sp³-hybridized carbons (Fsp3) is 0.462. The molecule has 10 heteroatoms. The van der Waals surface area contributed by atoms with Crippen molar-refractivity contribution in [1.29, 1.82) is 0 Å². The maximum absolute atomic E-state index is 11.9. The highest BCUT2D eigenvalue weighted by Gasteiger charge is 2.38. The summed E-state index contributed by atoms with van der Waals surface area (Å²) in [5, 5.41) is 10.3. The fourth-order valence-electron chi connectivity index (χ4n) is 1.53. The molecule has 1 aliphatic rings. The van der Waals surface area contributed by atoms with Crippen molar-refractivity contribution in [1.82, 2.24) is 5.32 Å². The Morgan fingerprint density at radius 1 is 1.13 bits per heavy atom. The maximum atomic E-state index is 11.9. The van der Waals surface area contributed by atoms with Gasteiger partial charge in [-0.3, -0.25) is 0 Å². The predicted molar refractivity (Wildman–Crippen MR) is 67.3 cm³/mol. The number of nitrogens with one attached hydrogen (secondary N) is 1. The minimum atomic E-state index is -5.08. The molecule has 1 aliphatic heterocycles. The molecule has 0 amide bonds. The van der Waals surface area contributed by atoms with Crippen molar-refractivity contribution in [2.75, 3.05) is 19.7 Å². The number of hydrogen-bond donors (Lipinski definition) is 2. The van der Waals surface area contributed by atoms with Gasteiger partial charge in [0.25, 0.3) is 0 Å². The first-order valence-electron chi connectivity index (χ1n) is 6.29. The highest BCUT2D eigenvalue weighted by molar-refractivity contribution is 5.73. The molecule has 23 heavy (non-hydrogen) atoms. The van der Waals surface area contributed by atoms with Gasteiger partial charge in [0.15, 0.2) is 6.61 Å². The topological polar surface area (TPSA) is 58.6 Å². The van der Waals surface area contributed by atoms with E-state index in [-0.39, 0.29) is 5.75 Å². The van der Waals surface area contributed by atoms with Crippen LogP contribution >= 0.6 is 0 Å². The van der Waals surface area contributed by atoms with Gasteiger partial charge in [0.1, 0.15) is 5.75 Å². The van der Waals surface area contributed by atoms with E-state index in [9.17, 15) is 26.3 Å². The van der Waals surface area contributed by atoms with Crippen LogP contribution in [0, 0.1) is 0 Å². The molecule has 2 N–H and O–H groups in total. The standard InChI is InChI=1S/C11H12F3NO.C2HF3O2/c12-11(13,14)7-16-10-3-1-8(2-4-10)9-5-15-6-9;3-2(4,5)1(6)7/h1-4,9,15H,5-7H2;(H,6,7). The minimum Gasteiger partial charge on any atom is -0.484 e. The first-order valence-corrected chi connectivity index (χ1v) is 6.29. The van der Waals surface area contributed by atoms with E-state index in [4.69, 9.17) is 9.90 Å². The van der Waals surface area contributed by atoms with Crippen LogP contribution in [0.2, 0.25) is 0 Å². The molecule has 1 aromatic carbocycles. The van der Waals surface area contributed by atoms with Crippen LogP contribution in [0.1, 0.15) is 11.5 Å². The van der Waals surface area contributed by atoms with E-state index in [2.05, 4.69) is 10.1 Å². The Kier molecular flexibility index (Phi) is 6.25. The average Bonchev–Trinajstić information content (AvgIpc) is 2.34. The van der Waals surface area contributed by atoms with E-state index in [1.54, 1.807) is 12.1 Å². The summed E-state index contributed by atoms with van der Waals surface area (Å²) < 4.78 is 72.0. The van der Waals surface area contributed by atoms with Gasteiger partial charge in [-0.1, -0.05) is 12.1 Å². The van der Waals surface area contributed by atoms with Crippen molar-refractivity contribution in [2.24, 2.45) is 0 Å². The van der Waals surface area contributed by atoms with Crippen LogP contribution in [-0.4, -0.2) is 43.1 Å². The first-order chi connectivity index (χ1) is 10.5. The third-order valence-corrected chi connectivity index (χ3v) is 2.78. The van der Waals surface area contributed by atoms with Crippen molar-refractivity contribution in [3.05, 3.63) is 29.8 Å². The summed E-state index contributed by atoms with van der Waals surface area (Å²) in [6, 6.07) is 6.80. The van der Waals surface area contributed by atoms with Crippen molar-refractivity contribution in [3.8, 4) is 5.75 Å². The number of benzene rings is 1. The van der Waals surface area contributed by atoms with E-state index in [0.29, 0.717) is 5.92 Å². The van der Waals surface area contributed by atoms with Gasteiger partial charge >= 0.3 is 18.3 Å². The monoisotopic (exact) mass is 345 g/mol. The number of hydrogen-bond acceptors (Lipinski definition) is 3. The second-order valence-electron chi connectivity index (χ2n) is 4.63. The SMILES string of the molecule is FC(F)(F)COc1ccc(C2CNC2)cc1.O=C(O)C(F)(F)F. The molecule has 1 aromatic rings. The Hall–Kier alpha value is -1.97. The quantitative estimate of drug-likeness (QED) is 0.827. The number of carboxylic acid groups (broad SMARTS) is 1. The van der Waals surface area contributed by atoms with E-state index in [0.717, 1.165) is 18.7 Å². The number of halogens is 6. The molecule has 0 radical (unpaired) electrons. The van der Waals surface area contributed by atoms with Crippen molar-refractivity contribution < 1.29 is 41.0 Å². The van der Waals surface area contributed by atoms with Crippen LogP contribution in [-0.2, 0) is 4.79 Å². The molecule has 0 saturated carbocycles. The third kappa shape index (κ3) is 7.22. The zero-order valence-electron chi connectivity index (χ0n) is 11.5. The summed E-state index contributed by atoms with van der Waals surface area (Å²) in [4.78, 5) is 8.90. The number of alkyl halides is 6. The molecule has 1 heterocycles. The number of ether oxygens (including phenoxy) is 1. The third-order valence-electron chi connectivity index (χ3n) is 2.78. The molecule has 1 saturated heterocycles. The molecule has 2 rings (SSSR count). The predicted octanol–water partition coefficient (Wildman–Crippen LogP) is 2.95. The normalized spacial score (nSPS) is 15.2. The molecule has 1 fully saturated rings. The minimum absolute atomic E-state index is 0.258. The smallest absolute Gasteiger partial charge is 0.484 e. The van der Waals surface area contributed by atoms with Gasteiger partial charge in [0.05, 0.1) is 0 Å². The van der Waals surface area contributed by atoms with Gasteiger partial charge in [-0.2, -0.15) is 26.3 Å². The molecule has 0 unspecified atom stereocenters. The largest absolute Gasteiger partial charge is 0.490 e. The molecule has 130 valence electrons. The highest BCUT2D eigenvalue weighted by atomic mass is 19.4. The highest BCUT2D eigenvalue weighted by Crippen LogP contribution is 2.23. The van der Waals surface area contributed by atoms with Crippen molar-refractivity contribution in [3.63, 3.8) is 0 Å². The zero-order valence-corrected chi connectivity index (χ0v) is 11.5. The van der Waals surface area contributed by atoms with Crippen LogP contribution < -0.4 is 10.1 Å². The molecule has 0 aliphatic carbocycles. The van der Waals surface area contributed by atoms with E-state index >= 15 is 0 Å².